The van der Waals surface area contributed by atoms with Gasteiger partial charge in [0.25, 0.3) is 5.91 Å². The third-order valence-corrected chi connectivity index (χ3v) is 5.58. The Kier molecular flexibility index (Phi) is 5.67. The number of benzene rings is 2. The fraction of sp³-hybridized carbons (Fsp3) is 0.227. The van der Waals surface area contributed by atoms with Gasteiger partial charge in [-0.1, -0.05) is 15.9 Å². The van der Waals surface area contributed by atoms with Crippen molar-refractivity contribution in [2.45, 2.75) is 26.2 Å². The van der Waals surface area contributed by atoms with Crippen LogP contribution in [0, 0.1) is 12.7 Å². The molecule has 0 saturated heterocycles. The Bertz CT molecular complexity index is 1120. The molecule has 1 aromatic heterocycles. The standard InChI is InChI=1S/C22H20BrFN4O2/c1-13-11-14(23)5-10-18(13)26-20(29)12-25-22(30)21-17-3-2-4-19(17)28(27-21)16-8-6-15(24)7-9-16/h5-11H,2-4,12H2,1H3,(H,25,30)(H,26,29). The van der Waals surface area contributed by atoms with Gasteiger partial charge >= 0.3 is 0 Å². The predicted octanol–water partition coefficient (Wildman–Crippen LogP) is 3.94. The number of carbonyl (C=O) groups is 2. The van der Waals surface area contributed by atoms with E-state index in [1.54, 1.807) is 22.9 Å². The van der Waals surface area contributed by atoms with E-state index in [1.165, 1.54) is 12.1 Å². The summed E-state index contributed by atoms with van der Waals surface area (Å²) in [6, 6.07) is 11.6. The van der Waals surface area contributed by atoms with Gasteiger partial charge < -0.3 is 10.6 Å². The molecule has 0 fully saturated rings. The number of fused-ring (bicyclic) bond motifs is 1. The van der Waals surface area contributed by atoms with Crippen LogP contribution in [0.3, 0.4) is 0 Å². The number of amides is 2. The maximum absolute atomic E-state index is 13.3. The van der Waals surface area contributed by atoms with Crippen molar-refractivity contribution < 1.29 is 14.0 Å². The van der Waals surface area contributed by atoms with Crippen LogP contribution in [0.5, 0.6) is 0 Å². The average Bonchev–Trinajstić information content (AvgIpc) is 3.32. The molecule has 1 aliphatic rings. The smallest absolute Gasteiger partial charge is 0.272 e. The number of aromatic nitrogens is 2. The largest absolute Gasteiger partial charge is 0.342 e. The van der Waals surface area contributed by atoms with Gasteiger partial charge in [-0.25, -0.2) is 9.07 Å². The monoisotopic (exact) mass is 470 g/mol. The van der Waals surface area contributed by atoms with E-state index in [2.05, 4.69) is 31.7 Å². The van der Waals surface area contributed by atoms with Crippen molar-refractivity contribution in [3.63, 3.8) is 0 Å². The maximum Gasteiger partial charge on any atom is 0.272 e. The van der Waals surface area contributed by atoms with E-state index in [9.17, 15) is 14.0 Å². The highest BCUT2D eigenvalue weighted by Gasteiger charge is 2.27. The van der Waals surface area contributed by atoms with Gasteiger partial charge in [-0.3, -0.25) is 9.59 Å². The van der Waals surface area contributed by atoms with Crippen LogP contribution in [0.2, 0.25) is 0 Å². The van der Waals surface area contributed by atoms with Crippen LogP contribution in [0.25, 0.3) is 5.69 Å². The van der Waals surface area contributed by atoms with Crippen LogP contribution < -0.4 is 10.6 Å². The predicted molar refractivity (Wildman–Crippen MR) is 115 cm³/mol. The molecule has 0 unspecified atom stereocenters. The summed E-state index contributed by atoms with van der Waals surface area (Å²) in [6.45, 7) is 1.73. The third kappa shape index (κ3) is 4.14. The lowest BCUT2D eigenvalue weighted by Crippen LogP contribution is -2.33. The van der Waals surface area contributed by atoms with E-state index < -0.39 is 5.91 Å². The van der Waals surface area contributed by atoms with Gasteiger partial charge in [0.1, 0.15) is 5.82 Å². The topological polar surface area (TPSA) is 76.0 Å². The summed E-state index contributed by atoms with van der Waals surface area (Å²) in [5.41, 5.74) is 4.48. The minimum atomic E-state index is -0.392. The molecule has 2 N–H and O–H groups in total. The number of carbonyl (C=O) groups excluding carboxylic acids is 2. The van der Waals surface area contributed by atoms with Gasteiger partial charge in [0, 0.05) is 21.4 Å². The first-order chi connectivity index (χ1) is 14.4. The van der Waals surface area contributed by atoms with Gasteiger partial charge in [0.2, 0.25) is 5.91 Å². The van der Waals surface area contributed by atoms with E-state index in [1.807, 2.05) is 19.1 Å². The zero-order valence-electron chi connectivity index (χ0n) is 16.3. The quantitative estimate of drug-likeness (QED) is 0.592. The van der Waals surface area contributed by atoms with Crippen LogP contribution in [-0.2, 0) is 17.6 Å². The fourth-order valence-corrected chi connectivity index (χ4v) is 4.10. The lowest BCUT2D eigenvalue weighted by atomic mass is 10.2. The van der Waals surface area contributed by atoms with Gasteiger partial charge in [0.05, 0.1) is 12.2 Å². The zero-order chi connectivity index (χ0) is 21.3. The second-order valence-corrected chi connectivity index (χ2v) is 8.12. The van der Waals surface area contributed by atoms with Crippen LogP contribution in [0.4, 0.5) is 10.1 Å². The maximum atomic E-state index is 13.3. The minimum absolute atomic E-state index is 0.160. The number of anilines is 1. The molecule has 0 spiro atoms. The molecule has 0 bridgehead atoms. The van der Waals surface area contributed by atoms with Gasteiger partial charge in [-0.05, 0) is 74.2 Å². The summed E-state index contributed by atoms with van der Waals surface area (Å²) < 4.78 is 15.9. The molecular weight excluding hydrogens is 451 g/mol. The Balaban J connectivity index is 1.47. The Hall–Kier alpha value is -3.00. The molecule has 2 amide bonds. The molecule has 0 aliphatic heterocycles. The molecule has 0 atom stereocenters. The summed E-state index contributed by atoms with van der Waals surface area (Å²) in [4.78, 5) is 25.0. The highest BCUT2D eigenvalue weighted by atomic mass is 79.9. The highest BCUT2D eigenvalue weighted by Crippen LogP contribution is 2.28. The molecule has 3 aromatic rings. The first-order valence-electron chi connectivity index (χ1n) is 9.63. The Morgan fingerprint density at radius 1 is 1.17 bits per heavy atom. The lowest BCUT2D eigenvalue weighted by molar-refractivity contribution is -0.115. The van der Waals surface area contributed by atoms with Crippen molar-refractivity contribution in [2.24, 2.45) is 0 Å². The molecule has 4 rings (SSSR count). The normalized spacial score (nSPS) is 12.5. The summed E-state index contributed by atoms with van der Waals surface area (Å²) in [5, 5.41) is 9.92. The summed E-state index contributed by atoms with van der Waals surface area (Å²) in [5.74, 6) is -1.03. The summed E-state index contributed by atoms with van der Waals surface area (Å²) >= 11 is 3.39. The van der Waals surface area contributed by atoms with Crippen molar-refractivity contribution >= 4 is 33.4 Å². The SMILES string of the molecule is Cc1cc(Br)ccc1NC(=O)CNC(=O)c1nn(-c2ccc(F)cc2)c2c1CCC2. The Morgan fingerprint density at radius 2 is 1.93 bits per heavy atom. The van der Waals surface area contributed by atoms with E-state index >= 15 is 0 Å². The number of nitrogens with one attached hydrogen (secondary N) is 2. The average molecular weight is 471 g/mol. The fourth-order valence-electron chi connectivity index (χ4n) is 3.62. The second kappa shape index (κ2) is 8.39. The van der Waals surface area contributed by atoms with Crippen LogP contribution in [0.15, 0.2) is 46.9 Å². The van der Waals surface area contributed by atoms with Crippen molar-refractivity contribution in [1.29, 1.82) is 0 Å². The minimum Gasteiger partial charge on any atom is -0.342 e. The van der Waals surface area contributed by atoms with E-state index in [0.717, 1.165) is 40.6 Å². The zero-order valence-corrected chi connectivity index (χ0v) is 17.9. The van der Waals surface area contributed by atoms with E-state index in [0.29, 0.717) is 17.1 Å². The molecule has 2 aromatic carbocycles. The molecule has 154 valence electrons. The van der Waals surface area contributed by atoms with Crippen LogP contribution in [0.1, 0.15) is 33.7 Å². The molecule has 0 radical (unpaired) electrons. The third-order valence-electron chi connectivity index (χ3n) is 5.09. The molecule has 6 nitrogen and oxygen atoms in total. The number of nitrogens with zero attached hydrogens (tertiary/aromatic N) is 2. The van der Waals surface area contributed by atoms with Gasteiger partial charge in [-0.15, -0.1) is 0 Å². The molecule has 1 heterocycles. The molecule has 30 heavy (non-hydrogen) atoms. The van der Waals surface area contributed by atoms with Crippen molar-refractivity contribution in [2.75, 3.05) is 11.9 Å². The first kappa shape index (κ1) is 20.3. The lowest BCUT2D eigenvalue weighted by Gasteiger charge is -2.09. The molecule has 8 heteroatoms. The number of rotatable bonds is 5. The summed E-state index contributed by atoms with van der Waals surface area (Å²) in [6.07, 6.45) is 2.48. The molecule has 0 saturated carbocycles. The van der Waals surface area contributed by atoms with E-state index in [4.69, 9.17) is 0 Å². The number of aryl methyl sites for hydroxylation is 1. The highest BCUT2D eigenvalue weighted by molar-refractivity contribution is 9.10. The molecular formula is C22H20BrFN4O2. The van der Waals surface area contributed by atoms with Crippen molar-refractivity contribution in [1.82, 2.24) is 15.1 Å². The molecule has 1 aliphatic carbocycles. The Morgan fingerprint density at radius 3 is 2.67 bits per heavy atom. The number of hydrogen-bond acceptors (Lipinski definition) is 3. The van der Waals surface area contributed by atoms with Crippen LogP contribution in [-0.4, -0.2) is 28.1 Å². The van der Waals surface area contributed by atoms with Gasteiger partial charge in [0.15, 0.2) is 5.69 Å². The number of hydrogen-bond donors (Lipinski definition) is 2. The first-order valence-corrected chi connectivity index (χ1v) is 10.4. The second-order valence-electron chi connectivity index (χ2n) is 7.21. The van der Waals surface area contributed by atoms with E-state index in [-0.39, 0.29) is 18.3 Å². The van der Waals surface area contributed by atoms with Gasteiger partial charge in [-0.2, -0.15) is 5.10 Å². The number of halogens is 2. The Labute approximate surface area is 181 Å². The summed E-state index contributed by atoms with van der Waals surface area (Å²) in [7, 11) is 0. The van der Waals surface area contributed by atoms with Crippen LogP contribution >= 0.6 is 15.9 Å². The van der Waals surface area contributed by atoms with Crippen molar-refractivity contribution in [3.05, 3.63) is 75.3 Å². The van der Waals surface area contributed by atoms with Crippen molar-refractivity contribution in [3.8, 4) is 5.69 Å².